The van der Waals surface area contributed by atoms with E-state index in [-0.39, 0.29) is 17.9 Å². The predicted molar refractivity (Wildman–Crippen MR) is 95.4 cm³/mol. The van der Waals surface area contributed by atoms with E-state index in [1.807, 2.05) is 30.0 Å². The average Bonchev–Trinajstić information content (AvgIpc) is 3.26. The van der Waals surface area contributed by atoms with Gasteiger partial charge in [-0.15, -0.1) is 0 Å². The Hall–Kier alpha value is -2.70. The molecule has 1 saturated heterocycles. The van der Waals surface area contributed by atoms with E-state index >= 15 is 0 Å². The van der Waals surface area contributed by atoms with Crippen LogP contribution in [0.25, 0.3) is 0 Å². The minimum absolute atomic E-state index is 0.0443. The number of rotatable bonds is 5. The van der Waals surface area contributed by atoms with Crippen molar-refractivity contribution in [1.82, 2.24) is 20.4 Å². The van der Waals surface area contributed by atoms with Crippen LogP contribution >= 0.6 is 0 Å². The van der Waals surface area contributed by atoms with E-state index < -0.39 is 0 Å². The Bertz CT molecular complexity index is 815. The Morgan fingerprint density at radius 2 is 2.19 bits per heavy atom. The van der Waals surface area contributed by atoms with Gasteiger partial charge in [-0.1, -0.05) is 18.1 Å². The number of hydrogen-bond donors (Lipinski definition) is 1. The van der Waals surface area contributed by atoms with Gasteiger partial charge < -0.3 is 14.7 Å². The van der Waals surface area contributed by atoms with Crippen LogP contribution in [0.1, 0.15) is 65.9 Å². The molecule has 0 aliphatic carbocycles. The molecule has 1 aliphatic rings. The zero-order chi connectivity index (χ0) is 18.7. The third-order valence-electron chi connectivity index (χ3n) is 4.68. The summed E-state index contributed by atoms with van der Waals surface area (Å²) < 4.78 is 5.23. The summed E-state index contributed by atoms with van der Waals surface area (Å²) in [6, 6.07) is 5.66. The van der Waals surface area contributed by atoms with Crippen molar-refractivity contribution in [2.24, 2.45) is 0 Å². The molecule has 0 bridgehead atoms. The summed E-state index contributed by atoms with van der Waals surface area (Å²) in [6.07, 6.45) is 2.45. The van der Waals surface area contributed by atoms with Crippen LogP contribution in [0.3, 0.4) is 0 Å². The molecule has 7 nitrogen and oxygen atoms in total. The number of hydrogen-bond acceptors (Lipinski definition) is 5. The molecule has 1 atom stereocenters. The van der Waals surface area contributed by atoms with Crippen LogP contribution in [0.4, 0.5) is 0 Å². The molecule has 3 rings (SSSR count). The molecule has 3 heterocycles. The van der Waals surface area contributed by atoms with E-state index in [1.165, 1.54) is 6.92 Å². The highest BCUT2D eigenvalue weighted by atomic mass is 16.5. The third-order valence-corrected chi connectivity index (χ3v) is 4.68. The smallest absolute Gasteiger partial charge is 0.259 e. The largest absolute Gasteiger partial charge is 0.361 e. The molecule has 0 spiro atoms. The highest BCUT2D eigenvalue weighted by Gasteiger charge is 2.34. The third kappa shape index (κ3) is 3.61. The van der Waals surface area contributed by atoms with Gasteiger partial charge in [0.1, 0.15) is 11.3 Å². The maximum atomic E-state index is 13.1. The molecule has 0 aromatic carbocycles. The first-order valence-electron chi connectivity index (χ1n) is 8.97. The summed E-state index contributed by atoms with van der Waals surface area (Å²) in [5.41, 5.74) is 2.91. The van der Waals surface area contributed by atoms with E-state index in [0.29, 0.717) is 36.5 Å². The maximum Gasteiger partial charge on any atom is 0.259 e. The fourth-order valence-corrected chi connectivity index (χ4v) is 3.39. The van der Waals surface area contributed by atoms with Gasteiger partial charge in [-0.05, 0) is 38.3 Å². The molecule has 1 unspecified atom stereocenters. The molecule has 1 aliphatic heterocycles. The lowest BCUT2D eigenvalue weighted by atomic mass is 10.1. The predicted octanol–water partition coefficient (Wildman–Crippen LogP) is 2.55. The van der Waals surface area contributed by atoms with Crippen LogP contribution in [-0.4, -0.2) is 33.4 Å². The lowest BCUT2D eigenvalue weighted by Gasteiger charge is -2.24. The molecule has 1 N–H and O–H groups in total. The maximum absolute atomic E-state index is 13.1. The van der Waals surface area contributed by atoms with Crippen LogP contribution < -0.4 is 5.32 Å². The van der Waals surface area contributed by atoms with Gasteiger partial charge in [-0.3, -0.25) is 14.6 Å². The molecule has 2 amide bonds. The molecule has 26 heavy (non-hydrogen) atoms. The Balaban J connectivity index is 1.84. The zero-order valence-corrected chi connectivity index (χ0v) is 15.4. The first-order valence-corrected chi connectivity index (χ1v) is 8.97. The van der Waals surface area contributed by atoms with E-state index in [2.05, 4.69) is 15.5 Å². The average molecular weight is 356 g/mol. The summed E-state index contributed by atoms with van der Waals surface area (Å²) in [6.45, 7) is 6.29. The number of nitrogens with zero attached hydrogens (tertiary/aromatic N) is 3. The second-order valence-electron chi connectivity index (χ2n) is 6.53. The summed E-state index contributed by atoms with van der Waals surface area (Å²) in [4.78, 5) is 30.8. The standard InChI is InChI=1S/C19H24N4O3/c1-4-15-18(12(2)26-22-15)19(25)23-10-6-9-17(23)16-8-5-7-14(21-16)11-20-13(3)24/h5,7-8,17H,4,6,9-11H2,1-3H3,(H,20,24). The Labute approximate surface area is 152 Å². The fraction of sp³-hybridized carbons (Fsp3) is 0.474. The van der Waals surface area contributed by atoms with Gasteiger partial charge >= 0.3 is 0 Å². The normalized spacial score (nSPS) is 16.7. The minimum atomic E-state index is -0.0927. The lowest BCUT2D eigenvalue weighted by molar-refractivity contribution is -0.119. The number of nitrogens with one attached hydrogen (secondary N) is 1. The number of carbonyl (C=O) groups is 2. The monoisotopic (exact) mass is 356 g/mol. The van der Waals surface area contributed by atoms with Crippen molar-refractivity contribution >= 4 is 11.8 Å². The first kappa shape index (κ1) is 18.1. The summed E-state index contributed by atoms with van der Waals surface area (Å²) in [7, 11) is 0. The van der Waals surface area contributed by atoms with Crippen molar-refractivity contribution in [2.75, 3.05) is 6.54 Å². The SMILES string of the molecule is CCc1noc(C)c1C(=O)N1CCCC1c1cccc(CNC(C)=O)n1. The molecule has 2 aromatic rings. The molecule has 7 heteroatoms. The lowest BCUT2D eigenvalue weighted by Crippen LogP contribution is -2.32. The molecular weight excluding hydrogens is 332 g/mol. The van der Waals surface area contributed by atoms with Crippen molar-refractivity contribution < 1.29 is 14.1 Å². The first-order chi connectivity index (χ1) is 12.5. The second kappa shape index (κ2) is 7.68. The van der Waals surface area contributed by atoms with E-state index in [9.17, 15) is 9.59 Å². The second-order valence-corrected chi connectivity index (χ2v) is 6.53. The molecule has 0 saturated carbocycles. The summed E-state index contributed by atoms with van der Waals surface area (Å²) >= 11 is 0. The van der Waals surface area contributed by atoms with Crippen molar-refractivity contribution in [3.05, 3.63) is 46.6 Å². The summed E-state index contributed by atoms with van der Waals surface area (Å²) in [5, 5.41) is 6.76. The van der Waals surface area contributed by atoms with Crippen LogP contribution in [0, 0.1) is 6.92 Å². The number of aromatic nitrogens is 2. The van der Waals surface area contributed by atoms with Gasteiger partial charge in [0.05, 0.1) is 29.7 Å². The van der Waals surface area contributed by atoms with Crippen molar-refractivity contribution in [2.45, 2.75) is 52.6 Å². The van der Waals surface area contributed by atoms with Gasteiger partial charge in [-0.25, -0.2) is 0 Å². The number of carbonyl (C=O) groups excluding carboxylic acids is 2. The van der Waals surface area contributed by atoms with Crippen LogP contribution in [0.2, 0.25) is 0 Å². The number of amides is 2. The Kier molecular flexibility index (Phi) is 5.35. The fourth-order valence-electron chi connectivity index (χ4n) is 3.39. The Morgan fingerprint density at radius 3 is 2.92 bits per heavy atom. The topological polar surface area (TPSA) is 88.3 Å². The van der Waals surface area contributed by atoms with Crippen LogP contribution in [0.5, 0.6) is 0 Å². The van der Waals surface area contributed by atoms with Crippen molar-refractivity contribution in [3.63, 3.8) is 0 Å². The number of pyridine rings is 1. The summed E-state index contributed by atoms with van der Waals surface area (Å²) in [5.74, 6) is 0.423. The quantitative estimate of drug-likeness (QED) is 0.889. The Morgan fingerprint density at radius 1 is 1.38 bits per heavy atom. The van der Waals surface area contributed by atoms with Gasteiger partial charge in [-0.2, -0.15) is 0 Å². The van der Waals surface area contributed by atoms with E-state index in [4.69, 9.17) is 4.52 Å². The molecular formula is C19H24N4O3. The van der Waals surface area contributed by atoms with E-state index in [1.54, 1.807) is 6.92 Å². The van der Waals surface area contributed by atoms with Crippen LogP contribution in [-0.2, 0) is 17.8 Å². The highest BCUT2D eigenvalue weighted by Crippen LogP contribution is 2.33. The van der Waals surface area contributed by atoms with Gasteiger partial charge in [0.15, 0.2) is 0 Å². The highest BCUT2D eigenvalue weighted by molar-refractivity contribution is 5.96. The van der Waals surface area contributed by atoms with Gasteiger partial charge in [0, 0.05) is 13.5 Å². The van der Waals surface area contributed by atoms with Gasteiger partial charge in [0.25, 0.3) is 5.91 Å². The zero-order valence-electron chi connectivity index (χ0n) is 15.4. The van der Waals surface area contributed by atoms with E-state index in [0.717, 1.165) is 24.2 Å². The minimum Gasteiger partial charge on any atom is -0.361 e. The molecule has 2 aromatic heterocycles. The van der Waals surface area contributed by atoms with Crippen LogP contribution in [0.15, 0.2) is 22.7 Å². The van der Waals surface area contributed by atoms with Crippen molar-refractivity contribution in [1.29, 1.82) is 0 Å². The molecule has 1 fully saturated rings. The number of aryl methyl sites for hydroxylation is 2. The number of likely N-dealkylation sites (tertiary alicyclic amines) is 1. The van der Waals surface area contributed by atoms with Crippen molar-refractivity contribution in [3.8, 4) is 0 Å². The van der Waals surface area contributed by atoms with Gasteiger partial charge in [0.2, 0.25) is 5.91 Å². The molecule has 0 radical (unpaired) electrons. The molecule has 138 valence electrons.